The molecule has 0 radical (unpaired) electrons. The van der Waals surface area contributed by atoms with E-state index in [4.69, 9.17) is 0 Å². The van der Waals surface area contributed by atoms with Crippen molar-refractivity contribution in [2.75, 3.05) is 0 Å². The van der Waals surface area contributed by atoms with Crippen LogP contribution in [0.2, 0.25) is 0 Å². The molecular formula is C15H18S. The highest BCUT2D eigenvalue weighted by Crippen LogP contribution is 2.26. The highest BCUT2D eigenvalue weighted by Gasteiger charge is 2.11. The Morgan fingerprint density at radius 3 is 2.50 bits per heavy atom. The lowest BCUT2D eigenvalue weighted by Crippen LogP contribution is -2.08. The Morgan fingerprint density at radius 1 is 1.06 bits per heavy atom. The van der Waals surface area contributed by atoms with E-state index >= 15 is 0 Å². The molecule has 0 nitrogen and oxygen atoms in total. The summed E-state index contributed by atoms with van der Waals surface area (Å²) in [6.45, 7) is 6.85. The van der Waals surface area contributed by atoms with Crippen LogP contribution in [-0.4, -0.2) is 0 Å². The summed E-state index contributed by atoms with van der Waals surface area (Å²) in [6.07, 6.45) is 1.13. The second kappa shape index (κ2) is 4.42. The second-order valence-corrected chi connectivity index (χ2v) is 6.23. The minimum atomic E-state index is 0.354. The highest BCUT2D eigenvalue weighted by molar-refractivity contribution is 7.08. The van der Waals surface area contributed by atoms with Crippen LogP contribution in [0, 0.1) is 5.41 Å². The summed E-state index contributed by atoms with van der Waals surface area (Å²) in [7, 11) is 0. The van der Waals surface area contributed by atoms with Gasteiger partial charge in [0.15, 0.2) is 0 Å². The summed E-state index contributed by atoms with van der Waals surface area (Å²) < 4.78 is 0. The van der Waals surface area contributed by atoms with Crippen LogP contribution in [0.5, 0.6) is 0 Å². The fourth-order valence-corrected chi connectivity index (χ4v) is 2.57. The van der Waals surface area contributed by atoms with Crippen LogP contribution in [-0.2, 0) is 6.42 Å². The molecule has 0 saturated carbocycles. The van der Waals surface area contributed by atoms with Crippen LogP contribution in [0.1, 0.15) is 26.3 Å². The second-order valence-electron chi connectivity index (χ2n) is 5.45. The van der Waals surface area contributed by atoms with Gasteiger partial charge >= 0.3 is 0 Å². The van der Waals surface area contributed by atoms with Crippen molar-refractivity contribution in [1.29, 1.82) is 0 Å². The largest absolute Gasteiger partial charge is 0.152 e. The molecule has 1 aromatic heterocycles. The molecule has 1 heterocycles. The van der Waals surface area contributed by atoms with Crippen molar-refractivity contribution in [3.63, 3.8) is 0 Å². The van der Waals surface area contributed by atoms with E-state index in [0.29, 0.717) is 5.41 Å². The zero-order chi connectivity index (χ0) is 11.6. The minimum absolute atomic E-state index is 0.354. The lowest BCUT2D eigenvalue weighted by Gasteiger charge is -2.18. The highest BCUT2D eigenvalue weighted by atomic mass is 32.1. The molecule has 0 N–H and O–H groups in total. The number of rotatable bonds is 2. The Morgan fingerprint density at radius 2 is 1.88 bits per heavy atom. The maximum Gasteiger partial charge on any atom is -0.00147 e. The van der Waals surface area contributed by atoms with Crippen molar-refractivity contribution >= 4 is 11.3 Å². The van der Waals surface area contributed by atoms with Gasteiger partial charge in [-0.1, -0.05) is 45.0 Å². The van der Waals surface area contributed by atoms with Crippen LogP contribution in [0.25, 0.3) is 11.1 Å². The zero-order valence-electron chi connectivity index (χ0n) is 10.2. The Hall–Kier alpha value is -1.08. The first-order chi connectivity index (χ1) is 7.54. The molecule has 0 bridgehead atoms. The Bertz CT molecular complexity index is 447. The molecule has 0 aliphatic rings. The fourth-order valence-electron chi connectivity index (χ4n) is 1.90. The van der Waals surface area contributed by atoms with E-state index in [-0.39, 0.29) is 0 Å². The number of hydrogen-bond acceptors (Lipinski definition) is 1. The molecule has 0 saturated heterocycles. The molecule has 16 heavy (non-hydrogen) atoms. The Balaban J connectivity index is 2.27. The van der Waals surface area contributed by atoms with Gasteiger partial charge in [0, 0.05) is 0 Å². The van der Waals surface area contributed by atoms with Gasteiger partial charge in [-0.15, -0.1) is 0 Å². The maximum absolute atomic E-state index is 2.31. The summed E-state index contributed by atoms with van der Waals surface area (Å²) in [5.74, 6) is 0. The van der Waals surface area contributed by atoms with E-state index < -0.39 is 0 Å². The molecule has 2 rings (SSSR count). The molecule has 0 atom stereocenters. The van der Waals surface area contributed by atoms with Gasteiger partial charge in [-0.05, 0) is 45.4 Å². The summed E-state index contributed by atoms with van der Waals surface area (Å²) >= 11 is 1.75. The zero-order valence-corrected chi connectivity index (χ0v) is 11.0. The Kier molecular flexibility index (Phi) is 3.15. The third-order valence-corrected chi connectivity index (χ3v) is 3.20. The summed E-state index contributed by atoms with van der Waals surface area (Å²) in [6, 6.07) is 11.1. The molecule has 1 aromatic carbocycles. The number of benzene rings is 1. The average molecular weight is 230 g/mol. The Labute approximate surface area is 102 Å². The van der Waals surface area contributed by atoms with Crippen LogP contribution in [0.4, 0.5) is 0 Å². The third-order valence-electron chi connectivity index (χ3n) is 2.52. The lowest BCUT2D eigenvalue weighted by molar-refractivity contribution is 0.411. The minimum Gasteiger partial charge on any atom is -0.152 e. The molecule has 0 aliphatic heterocycles. The van der Waals surface area contributed by atoms with Crippen molar-refractivity contribution in [3.8, 4) is 11.1 Å². The van der Waals surface area contributed by atoms with E-state index in [0.717, 1.165) is 6.42 Å². The summed E-state index contributed by atoms with van der Waals surface area (Å²) in [5, 5.41) is 4.34. The average Bonchev–Trinajstić information content (AvgIpc) is 2.68. The van der Waals surface area contributed by atoms with Gasteiger partial charge in [0.1, 0.15) is 0 Å². The maximum atomic E-state index is 2.31. The molecule has 84 valence electrons. The van der Waals surface area contributed by atoms with E-state index in [1.54, 1.807) is 11.3 Å². The van der Waals surface area contributed by atoms with Crippen LogP contribution in [0.3, 0.4) is 0 Å². The van der Waals surface area contributed by atoms with Crippen molar-refractivity contribution in [2.24, 2.45) is 5.41 Å². The van der Waals surface area contributed by atoms with Crippen molar-refractivity contribution < 1.29 is 0 Å². The normalized spacial score (nSPS) is 11.7. The van der Waals surface area contributed by atoms with E-state index in [9.17, 15) is 0 Å². The molecule has 0 unspecified atom stereocenters. The van der Waals surface area contributed by atoms with Gasteiger partial charge in [-0.25, -0.2) is 0 Å². The molecule has 1 heteroatoms. The van der Waals surface area contributed by atoms with Crippen LogP contribution >= 0.6 is 11.3 Å². The van der Waals surface area contributed by atoms with Crippen molar-refractivity contribution in [3.05, 3.63) is 46.7 Å². The topological polar surface area (TPSA) is 0 Å². The molecule has 0 fully saturated rings. The van der Waals surface area contributed by atoms with Gasteiger partial charge < -0.3 is 0 Å². The predicted octanol–water partition coefficient (Wildman–Crippen LogP) is 5.00. The predicted molar refractivity (Wildman–Crippen MR) is 72.9 cm³/mol. The quantitative estimate of drug-likeness (QED) is 0.680. The molecular weight excluding hydrogens is 212 g/mol. The fraction of sp³-hybridized carbons (Fsp3) is 0.333. The summed E-state index contributed by atoms with van der Waals surface area (Å²) in [5.41, 5.74) is 4.45. The molecule has 0 amide bonds. The first-order valence-electron chi connectivity index (χ1n) is 5.66. The van der Waals surface area contributed by atoms with Crippen LogP contribution in [0.15, 0.2) is 41.1 Å². The van der Waals surface area contributed by atoms with E-state index in [2.05, 4.69) is 61.9 Å². The molecule has 0 aliphatic carbocycles. The lowest BCUT2D eigenvalue weighted by atomic mass is 9.87. The standard InChI is InChI=1S/C15H18S/c1-15(2,3)10-12-5-4-6-13(9-12)14-7-8-16-11-14/h4-9,11H,10H2,1-3H3. The third kappa shape index (κ3) is 2.96. The van der Waals surface area contributed by atoms with Gasteiger partial charge in [0.2, 0.25) is 0 Å². The van der Waals surface area contributed by atoms with Crippen molar-refractivity contribution in [1.82, 2.24) is 0 Å². The number of thiophene rings is 1. The molecule has 2 aromatic rings. The van der Waals surface area contributed by atoms with Crippen LogP contribution < -0.4 is 0 Å². The van der Waals surface area contributed by atoms with E-state index in [1.807, 2.05) is 0 Å². The SMILES string of the molecule is CC(C)(C)Cc1cccc(-c2ccsc2)c1. The van der Waals surface area contributed by atoms with Gasteiger partial charge in [-0.2, -0.15) is 11.3 Å². The first-order valence-corrected chi connectivity index (χ1v) is 6.60. The summed E-state index contributed by atoms with van der Waals surface area (Å²) in [4.78, 5) is 0. The van der Waals surface area contributed by atoms with Gasteiger partial charge in [-0.3, -0.25) is 0 Å². The van der Waals surface area contributed by atoms with Gasteiger partial charge in [0.05, 0.1) is 0 Å². The van der Waals surface area contributed by atoms with Gasteiger partial charge in [0.25, 0.3) is 0 Å². The monoisotopic (exact) mass is 230 g/mol. The smallest absolute Gasteiger partial charge is 0.00147 e. The van der Waals surface area contributed by atoms with Crippen molar-refractivity contribution in [2.45, 2.75) is 27.2 Å². The van der Waals surface area contributed by atoms with E-state index in [1.165, 1.54) is 16.7 Å². The number of hydrogen-bond donors (Lipinski definition) is 0. The molecule has 0 spiro atoms. The first kappa shape index (κ1) is 11.4.